The van der Waals surface area contributed by atoms with Crippen LogP contribution in [0.1, 0.15) is 28.6 Å². The number of aliphatic hydroxyl groups is 1. The van der Waals surface area contributed by atoms with Gasteiger partial charge in [0.15, 0.2) is 0 Å². The van der Waals surface area contributed by atoms with Crippen molar-refractivity contribution in [2.45, 2.75) is 31.9 Å². The van der Waals surface area contributed by atoms with Gasteiger partial charge in [0.05, 0.1) is 23.5 Å². The first-order chi connectivity index (χ1) is 14.6. The van der Waals surface area contributed by atoms with Crippen molar-refractivity contribution in [3.8, 4) is 0 Å². The number of aromatic amines is 1. The third kappa shape index (κ3) is 4.75. The summed E-state index contributed by atoms with van der Waals surface area (Å²) in [6, 6.07) is 24.9. The summed E-state index contributed by atoms with van der Waals surface area (Å²) in [5.41, 5.74) is 4.74. The number of amides is 1. The lowest BCUT2D eigenvalue weighted by atomic mass is 10.00. The van der Waals surface area contributed by atoms with E-state index >= 15 is 0 Å². The fraction of sp³-hybridized carbons (Fsp3) is 0.200. The smallest absolute Gasteiger partial charge is 0.224 e. The fourth-order valence-corrected chi connectivity index (χ4v) is 3.68. The van der Waals surface area contributed by atoms with Crippen LogP contribution in [-0.4, -0.2) is 27.0 Å². The molecule has 0 aliphatic heterocycles. The van der Waals surface area contributed by atoms with Crippen molar-refractivity contribution < 1.29 is 9.90 Å². The summed E-state index contributed by atoms with van der Waals surface area (Å²) >= 11 is 0. The van der Waals surface area contributed by atoms with Crippen molar-refractivity contribution in [2.24, 2.45) is 0 Å². The predicted molar refractivity (Wildman–Crippen MR) is 118 cm³/mol. The highest BCUT2D eigenvalue weighted by Crippen LogP contribution is 2.21. The molecule has 5 heteroatoms. The molecule has 0 spiro atoms. The highest BCUT2D eigenvalue weighted by atomic mass is 16.3. The first kappa shape index (κ1) is 19.9. The van der Waals surface area contributed by atoms with E-state index in [0.29, 0.717) is 12.2 Å². The molecule has 0 saturated heterocycles. The SMILES string of the molecule is Cc1cccc(CC(=O)N[C@@H](Cc2ccccc2)C(O)c2nc3ccccc3[nH]2)c1. The minimum atomic E-state index is -0.959. The average Bonchev–Trinajstić information content (AvgIpc) is 3.18. The lowest BCUT2D eigenvalue weighted by molar-refractivity contribution is -0.122. The van der Waals surface area contributed by atoms with Gasteiger partial charge in [-0.05, 0) is 36.6 Å². The summed E-state index contributed by atoms with van der Waals surface area (Å²) in [5.74, 6) is 0.324. The Hall–Kier alpha value is -3.44. The maximum absolute atomic E-state index is 12.8. The van der Waals surface area contributed by atoms with Crippen LogP contribution in [0.3, 0.4) is 0 Å². The molecule has 2 atom stereocenters. The number of carbonyl (C=O) groups is 1. The standard InChI is InChI=1S/C25H25N3O2/c1-17-8-7-11-19(14-17)16-23(29)26-22(15-18-9-3-2-4-10-18)24(30)25-27-20-12-5-6-13-21(20)28-25/h2-14,22,24,30H,15-16H2,1H3,(H,26,29)(H,27,28)/t22-,24?/m0/s1. The number of H-pyrrole nitrogens is 1. The van der Waals surface area contributed by atoms with Crippen LogP contribution < -0.4 is 5.32 Å². The number of rotatable bonds is 7. The molecular formula is C25H25N3O2. The summed E-state index contributed by atoms with van der Waals surface area (Å²) in [6.07, 6.45) is -0.197. The van der Waals surface area contributed by atoms with E-state index in [-0.39, 0.29) is 12.3 Å². The second-order valence-corrected chi connectivity index (χ2v) is 7.61. The molecule has 0 radical (unpaired) electrons. The summed E-state index contributed by atoms with van der Waals surface area (Å²) in [4.78, 5) is 20.5. The molecule has 1 amide bonds. The fourth-order valence-electron chi connectivity index (χ4n) is 3.68. The molecule has 0 saturated carbocycles. The van der Waals surface area contributed by atoms with Gasteiger partial charge in [0.2, 0.25) is 5.91 Å². The van der Waals surface area contributed by atoms with E-state index in [1.807, 2.05) is 85.8 Å². The normalized spacial score (nSPS) is 13.1. The monoisotopic (exact) mass is 399 g/mol. The van der Waals surface area contributed by atoms with Gasteiger partial charge in [-0.2, -0.15) is 0 Å². The van der Waals surface area contributed by atoms with Crippen LogP contribution in [0.4, 0.5) is 0 Å². The van der Waals surface area contributed by atoms with Crippen LogP contribution in [0.5, 0.6) is 0 Å². The molecule has 0 aliphatic carbocycles. The Morgan fingerprint density at radius 2 is 1.73 bits per heavy atom. The van der Waals surface area contributed by atoms with E-state index in [1.54, 1.807) is 0 Å². The van der Waals surface area contributed by atoms with E-state index in [9.17, 15) is 9.90 Å². The van der Waals surface area contributed by atoms with Crippen molar-refractivity contribution in [1.29, 1.82) is 0 Å². The first-order valence-electron chi connectivity index (χ1n) is 10.1. The van der Waals surface area contributed by atoms with Gasteiger partial charge in [0.1, 0.15) is 11.9 Å². The number of imidazole rings is 1. The highest BCUT2D eigenvalue weighted by molar-refractivity contribution is 5.79. The quantitative estimate of drug-likeness (QED) is 0.441. The number of benzene rings is 3. The number of para-hydroxylation sites is 2. The molecule has 5 nitrogen and oxygen atoms in total. The minimum absolute atomic E-state index is 0.128. The van der Waals surface area contributed by atoms with Crippen LogP contribution in [0.25, 0.3) is 11.0 Å². The van der Waals surface area contributed by atoms with Crippen LogP contribution in [0, 0.1) is 6.92 Å². The molecule has 4 aromatic rings. The molecule has 30 heavy (non-hydrogen) atoms. The zero-order chi connectivity index (χ0) is 20.9. The Bertz CT molecular complexity index is 1100. The molecule has 1 aromatic heterocycles. The lowest BCUT2D eigenvalue weighted by Gasteiger charge is -2.23. The molecule has 4 rings (SSSR count). The van der Waals surface area contributed by atoms with Gasteiger partial charge in [0, 0.05) is 0 Å². The number of hydrogen-bond acceptors (Lipinski definition) is 3. The summed E-state index contributed by atoms with van der Waals surface area (Å²) in [7, 11) is 0. The molecule has 3 N–H and O–H groups in total. The molecule has 0 aliphatic rings. The lowest BCUT2D eigenvalue weighted by Crippen LogP contribution is -2.42. The Kier molecular flexibility index (Phi) is 5.91. The van der Waals surface area contributed by atoms with Crippen LogP contribution in [0.15, 0.2) is 78.9 Å². The zero-order valence-corrected chi connectivity index (χ0v) is 16.9. The van der Waals surface area contributed by atoms with Gasteiger partial charge < -0.3 is 15.4 Å². The van der Waals surface area contributed by atoms with E-state index in [0.717, 1.165) is 27.7 Å². The molecule has 1 unspecified atom stereocenters. The predicted octanol–water partition coefficient (Wildman–Crippen LogP) is 3.87. The topological polar surface area (TPSA) is 78.0 Å². The van der Waals surface area contributed by atoms with Gasteiger partial charge in [-0.25, -0.2) is 4.98 Å². The van der Waals surface area contributed by atoms with Crippen molar-refractivity contribution in [1.82, 2.24) is 15.3 Å². The third-order valence-electron chi connectivity index (χ3n) is 5.16. The molecular weight excluding hydrogens is 374 g/mol. The summed E-state index contributed by atoms with van der Waals surface area (Å²) < 4.78 is 0. The van der Waals surface area contributed by atoms with Crippen molar-refractivity contribution in [3.05, 3.63) is 101 Å². The highest BCUT2D eigenvalue weighted by Gasteiger charge is 2.26. The number of carbonyl (C=O) groups excluding carboxylic acids is 1. The van der Waals surface area contributed by atoms with Gasteiger partial charge in [-0.3, -0.25) is 4.79 Å². The molecule has 0 bridgehead atoms. The first-order valence-corrected chi connectivity index (χ1v) is 10.1. The Labute approximate surface area is 175 Å². The Balaban J connectivity index is 1.56. The zero-order valence-electron chi connectivity index (χ0n) is 16.9. The maximum atomic E-state index is 12.8. The molecule has 1 heterocycles. The number of hydrogen-bond donors (Lipinski definition) is 3. The van der Waals surface area contributed by atoms with Crippen LogP contribution >= 0.6 is 0 Å². The van der Waals surface area contributed by atoms with Crippen molar-refractivity contribution >= 4 is 16.9 Å². The third-order valence-corrected chi connectivity index (χ3v) is 5.16. The second kappa shape index (κ2) is 8.93. The number of aliphatic hydroxyl groups excluding tert-OH is 1. The molecule has 152 valence electrons. The number of nitrogens with one attached hydrogen (secondary N) is 2. The second-order valence-electron chi connectivity index (χ2n) is 7.61. The summed E-state index contributed by atoms with van der Waals surface area (Å²) in [5, 5.41) is 14.1. The van der Waals surface area contributed by atoms with E-state index in [2.05, 4.69) is 15.3 Å². The summed E-state index contributed by atoms with van der Waals surface area (Å²) in [6.45, 7) is 2.00. The number of aryl methyl sites for hydroxylation is 1. The van der Waals surface area contributed by atoms with Crippen LogP contribution in [0.2, 0.25) is 0 Å². The van der Waals surface area contributed by atoms with E-state index in [1.165, 1.54) is 0 Å². The molecule has 0 fully saturated rings. The Morgan fingerprint density at radius 1 is 1.00 bits per heavy atom. The minimum Gasteiger partial charge on any atom is -0.383 e. The van der Waals surface area contributed by atoms with E-state index in [4.69, 9.17) is 0 Å². The van der Waals surface area contributed by atoms with Crippen molar-refractivity contribution in [3.63, 3.8) is 0 Å². The number of nitrogens with zero attached hydrogens (tertiary/aromatic N) is 1. The van der Waals surface area contributed by atoms with Gasteiger partial charge in [0.25, 0.3) is 0 Å². The van der Waals surface area contributed by atoms with Crippen LogP contribution in [-0.2, 0) is 17.6 Å². The van der Waals surface area contributed by atoms with Crippen molar-refractivity contribution in [2.75, 3.05) is 0 Å². The van der Waals surface area contributed by atoms with Gasteiger partial charge in [-0.1, -0.05) is 72.3 Å². The number of aromatic nitrogens is 2. The van der Waals surface area contributed by atoms with Gasteiger partial charge >= 0.3 is 0 Å². The maximum Gasteiger partial charge on any atom is 0.224 e. The largest absolute Gasteiger partial charge is 0.383 e. The Morgan fingerprint density at radius 3 is 2.50 bits per heavy atom. The molecule has 3 aromatic carbocycles. The van der Waals surface area contributed by atoms with Gasteiger partial charge in [-0.15, -0.1) is 0 Å². The average molecular weight is 399 g/mol. The van der Waals surface area contributed by atoms with E-state index < -0.39 is 12.1 Å². The number of fused-ring (bicyclic) bond motifs is 1.